The molecule has 0 amide bonds. The van der Waals surface area contributed by atoms with Gasteiger partial charge in [0.05, 0.1) is 26.4 Å². The Labute approximate surface area is 169 Å². The fourth-order valence-corrected chi connectivity index (χ4v) is 5.08. The minimum atomic E-state index is -0.255. The van der Waals surface area contributed by atoms with Gasteiger partial charge < -0.3 is 18.9 Å². The van der Waals surface area contributed by atoms with E-state index in [4.69, 9.17) is 24.5 Å². The van der Waals surface area contributed by atoms with Crippen LogP contribution in [0.4, 0.5) is 0 Å². The predicted molar refractivity (Wildman–Crippen MR) is 107 cm³/mol. The lowest BCUT2D eigenvalue weighted by Gasteiger charge is -2.35. The zero-order chi connectivity index (χ0) is 19.7. The first-order chi connectivity index (χ1) is 13.7. The van der Waals surface area contributed by atoms with Crippen LogP contribution in [0.5, 0.6) is 0 Å². The van der Waals surface area contributed by atoms with Crippen LogP contribution < -0.4 is 0 Å². The number of ether oxygens (including phenoxy) is 4. The molecule has 0 unspecified atom stereocenters. The van der Waals surface area contributed by atoms with Crippen molar-refractivity contribution in [2.45, 2.75) is 89.1 Å². The van der Waals surface area contributed by atoms with Gasteiger partial charge in [0.2, 0.25) is 0 Å². The highest BCUT2D eigenvalue weighted by Crippen LogP contribution is 2.40. The molecule has 2 saturated carbocycles. The lowest BCUT2D eigenvalue weighted by atomic mass is 9.83. The molecule has 2 aliphatic carbocycles. The van der Waals surface area contributed by atoms with Gasteiger partial charge in [0.25, 0.3) is 0 Å². The number of azide groups is 1. The Kier molecular flexibility index (Phi) is 8.42. The minimum absolute atomic E-state index is 0.149. The molecular formula is C21H37N3O4. The second-order valence-corrected chi connectivity index (χ2v) is 8.63. The largest absolute Gasteiger partial charge is 0.348 e. The second kappa shape index (κ2) is 10.8. The van der Waals surface area contributed by atoms with E-state index in [0.29, 0.717) is 12.5 Å². The summed E-state index contributed by atoms with van der Waals surface area (Å²) in [6.45, 7) is 5.98. The predicted octanol–water partition coefficient (Wildman–Crippen LogP) is 5.34. The minimum Gasteiger partial charge on any atom is -0.348 e. The van der Waals surface area contributed by atoms with E-state index in [9.17, 15) is 0 Å². The topological polar surface area (TPSA) is 85.7 Å². The van der Waals surface area contributed by atoms with Crippen molar-refractivity contribution < 1.29 is 18.9 Å². The fraction of sp³-hybridized carbons (Fsp3) is 1.00. The molecule has 2 heterocycles. The van der Waals surface area contributed by atoms with E-state index in [1.165, 1.54) is 25.7 Å². The number of nitrogens with zero attached hydrogens (tertiary/aromatic N) is 3. The Morgan fingerprint density at radius 2 is 1.21 bits per heavy atom. The van der Waals surface area contributed by atoms with Crippen molar-refractivity contribution in [3.63, 3.8) is 0 Å². The SMILES string of the molecule is CCCC1CCC2(CC1)OCCO2.[N-]=[N+]=NCCC1CCC2(CC1)OCCO2. The summed E-state index contributed by atoms with van der Waals surface area (Å²) in [5, 5.41) is 3.57. The summed E-state index contributed by atoms with van der Waals surface area (Å²) in [6, 6.07) is 0. The van der Waals surface area contributed by atoms with Gasteiger partial charge in [-0.2, -0.15) is 0 Å². The Morgan fingerprint density at radius 3 is 1.61 bits per heavy atom. The second-order valence-electron chi connectivity index (χ2n) is 8.63. The lowest BCUT2D eigenvalue weighted by Crippen LogP contribution is -2.35. The van der Waals surface area contributed by atoms with Crippen molar-refractivity contribution in [1.29, 1.82) is 0 Å². The summed E-state index contributed by atoms with van der Waals surface area (Å²) >= 11 is 0. The van der Waals surface area contributed by atoms with Crippen LogP contribution in [-0.2, 0) is 18.9 Å². The van der Waals surface area contributed by atoms with E-state index < -0.39 is 0 Å². The molecule has 0 aromatic heterocycles. The van der Waals surface area contributed by atoms with Gasteiger partial charge in [-0.25, -0.2) is 0 Å². The maximum absolute atomic E-state index is 8.18. The quantitative estimate of drug-likeness (QED) is 0.357. The number of hydrogen-bond acceptors (Lipinski definition) is 5. The molecule has 160 valence electrons. The van der Waals surface area contributed by atoms with Gasteiger partial charge in [0.1, 0.15) is 0 Å². The van der Waals surface area contributed by atoms with Gasteiger partial charge in [0, 0.05) is 37.1 Å². The highest BCUT2D eigenvalue weighted by molar-refractivity contribution is 4.83. The Bertz CT molecular complexity index is 492. The average Bonchev–Trinajstić information content (AvgIpc) is 3.37. The van der Waals surface area contributed by atoms with Crippen LogP contribution in [0.1, 0.15) is 77.6 Å². The van der Waals surface area contributed by atoms with Gasteiger partial charge in [-0.3, -0.25) is 0 Å². The smallest absolute Gasteiger partial charge is 0.168 e. The molecule has 2 saturated heterocycles. The average molecular weight is 396 g/mol. The van der Waals surface area contributed by atoms with Crippen molar-refractivity contribution in [3.05, 3.63) is 10.4 Å². The van der Waals surface area contributed by atoms with Crippen molar-refractivity contribution >= 4 is 0 Å². The van der Waals surface area contributed by atoms with Crippen LogP contribution in [0.3, 0.4) is 0 Å². The van der Waals surface area contributed by atoms with E-state index >= 15 is 0 Å². The summed E-state index contributed by atoms with van der Waals surface area (Å²) in [7, 11) is 0. The highest BCUT2D eigenvalue weighted by Gasteiger charge is 2.40. The van der Waals surface area contributed by atoms with Gasteiger partial charge in [0.15, 0.2) is 11.6 Å². The standard InChI is InChI=1S/C11H20O2.C10H17N3O2/c1-2-3-10-4-6-11(7-5-10)12-8-9-13-11;11-13-12-6-3-9-1-4-10(5-2-9)14-7-8-15-10/h10H,2-9H2,1H3;9H,1-8H2. The van der Waals surface area contributed by atoms with Crippen molar-refractivity contribution in [2.24, 2.45) is 17.0 Å². The third-order valence-corrected chi connectivity index (χ3v) is 6.76. The Balaban J connectivity index is 0.000000162. The fourth-order valence-electron chi connectivity index (χ4n) is 5.08. The number of hydrogen-bond donors (Lipinski definition) is 0. The summed E-state index contributed by atoms with van der Waals surface area (Å²) in [4.78, 5) is 2.77. The monoisotopic (exact) mass is 395 g/mol. The van der Waals surface area contributed by atoms with Crippen LogP contribution in [0.2, 0.25) is 0 Å². The molecule has 2 aliphatic heterocycles. The molecule has 0 aromatic rings. The lowest BCUT2D eigenvalue weighted by molar-refractivity contribution is -0.182. The normalized spacial score (nSPS) is 28.7. The van der Waals surface area contributed by atoms with Crippen molar-refractivity contribution in [3.8, 4) is 0 Å². The maximum atomic E-state index is 8.18. The maximum Gasteiger partial charge on any atom is 0.168 e. The molecule has 2 spiro atoms. The van der Waals surface area contributed by atoms with Gasteiger partial charge in [-0.1, -0.05) is 24.9 Å². The van der Waals surface area contributed by atoms with Crippen LogP contribution >= 0.6 is 0 Å². The van der Waals surface area contributed by atoms with Gasteiger partial charge >= 0.3 is 0 Å². The first-order valence-electron chi connectivity index (χ1n) is 11.3. The van der Waals surface area contributed by atoms with Crippen LogP contribution in [0.15, 0.2) is 5.11 Å². The molecule has 0 radical (unpaired) electrons. The summed E-state index contributed by atoms with van der Waals surface area (Å²) in [6.07, 6.45) is 12.8. The van der Waals surface area contributed by atoms with Crippen LogP contribution in [-0.4, -0.2) is 44.5 Å². The van der Waals surface area contributed by atoms with Crippen molar-refractivity contribution in [1.82, 2.24) is 0 Å². The molecule has 4 fully saturated rings. The van der Waals surface area contributed by atoms with E-state index in [0.717, 1.165) is 77.3 Å². The molecule has 28 heavy (non-hydrogen) atoms. The van der Waals surface area contributed by atoms with Gasteiger partial charge in [-0.15, -0.1) is 0 Å². The van der Waals surface area contributed by atoms with Crippen LogP contribution in [0.25, 0.3) is 10.4 Å². The third-order valence-electron chi connectivity index (χ3n) is 6.76. The third kappa shape index (κ3) is 6.07. The Hall–Kier alpha value is -0.850. The first kappa shape index (κ1) is 21.8. The molecule has 4 aliphatic rings. The van der Waals surface area contributed by atoms with E-state index in [1.807, 2.05) is 0 Å². The summed E-state index contributed by atoms with van der Waals surface area (Å²) < 4.78 is 22.7. The van der Waals surface area contributed by atoms with E-state index in [2.05, 4.69) is 16.9 Å². The van der Waals surface area contributed by atoms with E-state index in [-0.39, 0.29) is 11.6 Å². The zero-order valence-corrected chi connectivity index (χ0v) is 17.4. The summed E-state index contributed by atoms with van der Waals surface area (Å²) in [5.74, 6) is 1.21. The molecule has 4 rings (SSSR count). The molecule has 7 heteroatoms. The molecule has 7 nitrogen and oxygen atoms in total. The number of rotatable bonds is 5. The molecule has 0 N–H and O–H groups in total. The molecular weight excluding hydrogens is 358 g/mol. The highest BCUT2D eigenvalue weighted by atomic mass is 16.7. The molecule has 0 atom stereocenters. The van der Waals surface area contributed by atoms with Crippen molar-refractivity contribution in [2.75, 3.05) is 33.0 Å². The zero-order valence-electron chi connectivity index (χ0n) is 17.4. The van der Waals surface area contributed by atoms with Crippen LogP contribution in [0, 0.1) is 11.8 Å². The Morgan fingerprint density at radius 1 is 0.786 bits per heavy atom. The van der Waals surface area contributed by atoms with Gasteiger partial charge in [-0.05, 0) is 49.5 Å². The molecule has 0 aromatic carbocycles. The van der Waals surface area contributed by atoms with E-state index in [1.54, 1.807) is 0 Å². The molecule has 0 bridgehead atoms. The summed E-state index contributed by atoms with van der Waals surface area (Å²) in [5.41, 5.74) is 8.18. The first-order valence-corrected chi connectivity index (χ1v) is 11.3.